The number of piperazine rings is 1. The van der Waals surface area contributed by atoms with E-state index < -0.39 is 0 Å². The second kappa shape index (κ2) is 11.1. The Hall–Kier alpha value is -0.520. The molecule has 0 radical (unpaired) electrons. The molecule has 1 aliphatic rings. The SMILES string of the molecule is COc1ccc(C(C)N(C)CCN2CCNCC2)cc1.Cl.Cl. The molecule has 6 heteroatoms. The van der Waals surface area contributed by atoms with E-state index >= 15 is 0 Å². The molecule has 0 aliphatic carbocycles. The highest BCUT2D eigenvalue weighted by molar-refractivity contribution is 5.85. The average molecular weight is 350 g/mol. The van der Waals surface area contributed by atoms with Crippen molar-refractivity contribution in [3.8, 4) is 5.75 Å². The van der Waals surface area contributed by atoms with Crippen LogP contribution in [0, 0.1) is 0 Å². The molecule has 4 nitrogen and oxygen atoms in total. The van der Waals surface area contributed by atoms with E-state index in [1.165, 1.54) is 18.7 Å². The lowest BCUT2D eigenvalue weighted by atomic mass is 10.1. The van der Waals surface area contributed by atoms with Crippen LogP contribution in [0.25, 0.3) is 0 Å². The van der Waals surface area contributed by atoms with Crippen LogP contribution in [0.4, 0.5) is 0 Å². The van der Waals surface area contributed by atoms with Crippen molar-refractivity contribution in [2.24, 2.45) is 0 Å². The third kappa shape index (κ3) is 6.31. The zero-order valence-electron chi connectivity index (χ0n) is 13.7. The van der Waals surface area contributed by atoms with Gasteiger partial charge in [0.2, 0.25) is 0 Å². The standard InChI is InChI=1S/C16H27N3O.2ClH/c1-14(15-4-6-16(20-3)7-5-15)18(2)12-13-19-10-8-17-9-11-19;;/h4-7,14,17H,8-13H2,1-3H3;2*1H. The fourth-order valence-electron chi connectivity index (χ4n) is 2.56. The fourth-order valence-corrected chi connectivity index (χ4v) is 2.56. The van der Waals surface area contributed by atoms with E-state index in [0.717, 1.165) is 31.9 Å². The third-order valence-electron chi connectivity index (χ3n) is 4.24. The number of rotatable bonds is 6. The van der Waals surface area contributed by atoms with Gasteiger partial charge in [-0.1, -0.05) is 12.1 Å². The molecule has 0 amide bonds. The van der Waals surface area contributed by atoms with Gasteiger partial charge in [-0.3, -0.25) is 9.80 Å². The predicted molar refractivity (Wildman–Crippen MR) is 97.8 cm³/mol. The van der Waals surface area contributed by atoms with Crippen LogP contribution in [0.15, 0.2) is 24.3 Å². The third-order valence-corrected chi connectivity index (χ3v) is 4.24. The van der Waals surface area contributed by atoms with E-state index in [1.807, 2.05) is 12.1 Å². The zero-order chi connectivity index (χ0) is 14.4. The smallest absolute Gasteiger partial charge is 0.118 e. The molecular weight excluding hydrogens is 321 g/mol. The largest absolute Gasteiger partial charge is 0.497 e. The summed E-state index contributed by atoms with van der Waals surface area (Å²) >= 11 is 0. The van der Waals surface area contributed by atoms with Crippen LogP contribution in [-0.2, 0) is 0 Å². The summed E-state index contributed by atoms with van der Waals surface area (Å²) in [5.74, 6) is 0.921. The van der Waals surface area contributed by atoms with Crippen LogP contribution < -0.4 is 10.1 Å². The maximum atomic E-state index is 5.21. The first-order chi connectivity index (χ1) is 9.70. The molecule has 0 bridgehead atoms. The van der Waals surface area contributed by atoms with Gasteiger partial charge in [-0.2, -0.15) is 0 Å². The van der Waals surface area contributed by atoms with Gasteiger partial charge in [-0.05, 0) is 31.7 Å². The molecule has 0 spiro atoms. The summed E-state index contributed by atoms with van der Waals surface area (Å²) < 4.78 is 5.21. The molecule has 1 saturated heterocycles. The Morgan fingerprint density at radius 1 is 1.18 bits per heavy atom. The first-order valence-electron chi connectivity index (χ1n) is 7.48. The Balaban J connectivity index is 0.00000220. The summed E-state index contributed by atoms with van der Waals surface area (Å²) in [6, 6.07) is 8.82. The second-order valence-corrected chi connectivity index (χ2v) is 5.52. The van der Waals surface area contributed by atoms with E-state index in [2.05, 4.69) is 41.2 Å². The molecule has 128 valence electrons. The van der Waals surface area contributed by atoms with Gasteiger partial charge in [0.15, 0.2) is 0 Å². The van der Waals surface area contributed by atoms with Gasteiger partial charge in [0.25, 0.3) is 0 Å². The molecule has 1 fully saturated rings. The molecule has 1 unspecified atom stereocenters. The number of halogens is 2. The predicted octanol–water partition coefficient (Wildman–Crippen LogP) is 2.44. The summed E-state index contributed by atoms with van der Waals surface area (Å²) in [5.41, 5.74) is 1.34. The van der Waals surface area contributed by atoms with Crippen molar-refractivity contribution in [3.63, 3.8) is 0 Å². The van der Waals surface area contributed by atoms with E-state index in [1.54, 1.807) is 7.11 Å². The highest BCUT2D eigenvalue weighted by atomic mass is 35.5. The molecule has 1 aliphatic heterocycles. The molecule has 1 aromatic rings. The first kappa shape index (κ1) is 21.5. The summed E-state index contributed by atoms with van der Waals surface area (Å²) in [5, 5.41) is 3.39. The summed E-state index contributed by atoms with van der Waals surface area (Å²) in [6.07, 6.45) is 0. The lowest BCUT2D eigenvalue weighted by Gasteiger charge is -2.31. The monoisotopic (exact) mass is 349 g/mol. The van der Waals surface area contributed by atoms with Crippen molar-refractivity contribution in [3.05, 3.63) is 29.8 Å². The number of methoxy groups -OCH3 is 1. The van der Waals surface area contributed by atoms with E-state index in [9.17, 15) is 0 Å². The van der Waals surface area contributed by atoms with Crippen LogP contribution in [0.1, 0.15) is 18.5 Å². The van der Waals surface area contributed by atoms with Crippen molar-refractivity contribution >= 4 is 24.8 Å². The highest BCUT2D eigenvalue weighted by Gasteiger charge is 2.14. The van der Waals surface area contributed by atoms with E-state index in [0.29, 0.717) is 6.04 Å². The molecule has 2 rings (SSSR count). The van der Waals surface area contributed by atoms with E-state index in [-0.39, 0.29) is 24.8 Å². The number of ether oxygens (including phenoxy) is 1. The van der Waals surface area contributed by atoms with Gasteiger partial charge >= 0.3 is 0 Å². The van der Waals surface area contributed by atoms with Crippen LogP contribution in [0.3, 0.4) is 0 Å². The van der Waals surface area contributed by atoms with Gasteiger partial charge in [0.05, 0.1) is 7.11 Å². The van der Waals surface area contributed by atoms with Crippen LogP contribution >= 0.6 is 24.8 Å². The summed E-state index contributed by atoms with van der Waals surface area (Å²) in [6.45, 7) is 9.11. The first-order valence-corrected chi connectivity index (χ1v) is 7.48. The summed E-state index contributed by atoms with van der Waals surface area (Å²) in [7, 11) is 3.91. The normalized spacial score (nSPS) is 16.5. The molecule has 1 N–H and O–H groups in total. The average Bonchev–Trinajstić information content (AvgIpc) is 2.53. The van der Waals surface area contributed by atoms with Crippen molar-refractivity contribution in [2.75, 3.05) is 53.4 Å². The minimum Gasteiger partial charge on any atom is -0.497 e. The van der Waals surface area contributed by atoms with Crippen molar-refractivity contribution in [1.82, 2.24) is 15.1 Å². The number of hydrogen-bond acceptors (Lipinski definition) is 4. The minimum absolute atomic E-state index is 0. The Morgan fingerprint density at radius 3 is 2.32 bits per heavy atom. The maximum absolute atomic E-state index is 5.21. The molecule has 1 aromatic carbocycles. The Morgan fingerprint density at radius 2 is 1.77 bits per heavy atom. The van der Waals surface area contributed by atoms with Crippen molar-refractivity contribution in [1.29, 1.82) is 0 Å². The number of nitrogens with zero attached hydrogens (tertiary/aromatic N) is 2. The number of likely N-dealkylation sites (N-methyl/N-ethyl adjacent to an activating group) is 1. The highest BCUT2D eigenvalue weighted by Crippen LogP contribution is 2.21. The van der Waals surface area contributed by atoms with Crippen LogP contribution in [0.5, 0.6) is 5.75 Å². The quantitative estimate of drug-likeness (QED) is 0.853. The fraction of sp³-hybridized carbons (Fsp3) is 0.625. The molecule has 22 heavy (non-hydrogen) atoms. The van der Waals surface area contributed by atoms with Gasteiger partial charge in [-0.25, -0.2) is 0 Å². The lowest BCUT2D eigenvalue weighted by molar-refractivity contribution is 0.183. The van der Waals surface area contributed by atoms with Crippen LogP contribution in [-0.4, -0.2) is 63.2 Å². The zero-order valence-corrected chi connectivity index (χ0v) is 15.4. The van der Waals surface area contributed by atoms with Crippen molar-refractivity contribution < 1.29 is 4.74 Å². The molecular formula is C16H29Cl2N3O. The van der Waals surface area contributed by atoms with Gasteiger partial charge in [-0.15, -0.1) is 24.8 Å². The molecule has 0 saturated carbocycles. The van der Waals surface area contributed by atoms with Crippen LogP contribution in [0.2, 0.25) is 0 Å². The van der Waals surface area contributed by atoms with Gasteiger partial charge in [0, 0.05) is 45.3 Å². The van der Waals surface area contributed by atoms with E-state index in [4.69, 9.17) is 4.74 Å². The lowest BCUT2D eigenvalue weighted by Crippen LogP contribution is -2.46. The Kier molecular flexibility index (Phi) is 10.8. The maximum Gasteiger partial charge on any atom is 0.118 e. The number of nitrogens with one attached hydrogen (secondary N) is 1. The topological polar surface area (TPSA) is 27.7 Å². The molecule has 0 aromatic heterocycles. The molecule has 1 atom stereocenters. The Bertz CT molecular complexity index is 397. The van der Waals surface area contributed by atoms with Crippen molar-refractivity contribution in [2.45, 2.75) is 13.0 Å². The summed E-state index contributed by atoms with van der Waals surface area (Å²) in [4.78, 5) is 4.96. The number of benzene rings is 1. The Labute approximate surface area is 147 Å². The second-order valence-electron chi connectivity index (χ2n) is 5.52. The van der Waals surface area contributed by atoms with Gasteiger partial charge < -0.3 is 10.1 Å². The van der Waals surface area contributed by atoms with Gasteiger partial charge in [0.1, 0.15) is 5.75 Å². The minimum atomic E-state index is 0. The number of hydrogen-bond donors (Lipinski definition) is 1. The molecule has 1 heterocycles.